The lowest BCUT2D eigenvalue weighted by Gasteiger charge is -2.30. The van der Waals surface area contributed by atoms with Crippen LogP contribution in [0.5, 0.6) is 0 Å². The maximum atomic E-state index is 3.46. The lowest BCUT2D eigenvalue weighted by molar-refractivity contribution is 0.863. The molecular weight excluding hydrogens is 520 g/mol. The first-order valence-corrected chi connectivity index (χ1v) is 15.5. The topological polar surface area (TPSA) is 8.17 Å². The van der Waals surface area contributed by atoms with Crippen molar-refractivity contribution in [1.82, 2.24) is 4.57 Å². The first-order chi connectivity index (χ1) is 21.3. The van der Waals surface area contributed by atoms with E-state index >= 15 is 0 Å². The highest BCUT2D eigenvalue weighted by Gasteiger charge is 2.20. The summed E-state index contributed by atoms with van der Waals surface area (Å²) in [6, 6.07) is 37.6. The summed E-state index contributed by atoms with van der Waals surface area (Å²) in [6.45, 7) is 0. The van der Waals surface area contributed by atoms with Crippen molar-refractivity contribution in [3.63, 3.8) is 0 Å². The van der Waals surface area contributed by atoms with E-state index in [-0.39, 0.29) is 0 Å². The van der Waals surface area contributed by atoms with Crippen LogP contribution >= 0.6 is 0 Å². The maximum Gasteiger partial charge on any atom is 0.0537 e. The molecule has 0 spiro atoms. The highest BCUT2D eigenvalue weighted by molar-refractivity contribution is 5.93. The molecule has 0 amide bonds. The van der Waals surface area contributed by atoms with E-state index in [1.165, 1.54) is 67.2 Å². The van der Waals surface area contributed by atoms with Crippen LogP contribution in [0.25, 0.3) is 33.8 Å². The molecule has 2 heteroatoms. The van der Waals surface area contributed by atoms with Gasteiger partial charge in [-0.15, -0.1) is 5.73 Å². The Labute approximate surface area is 253 Å². The molecule has 0 unspecified atom stereocenters. The Balaban J connectivity index is 1.10. The van der Waals surface area contributed by atoms with Gasteiger partial charge in [-0.05, 0) is 115 Å². The number of benzene rings is 4. The van der Waals surface area contributed by atoms with E-state index in [0.29, 0.717) is 0 Å². The summed E-state index contributed by atoms with van der Waals surface area (Å²) in [5, 5.41) is 1.34. The number of rotatable bonds is 6. The van der Waals surface area contributed by atoms with Gasteiger partial charge in [0.15, 0.2) is 0 Å². The Kier molecular flexibility index (Phi) is 6.55. The highest BCUT2D eigenvalue weighted by atomic mass is 15.1. The summed E-state index contributed by atoms with van der Waals surface area (Å²) in [7, 11) is 0. The Morgan fingerprint density at radius 2 is 1.37 bits per heavy atom. The molecule has 0 atom stereocenters. The average Bonchev–Trinajstić information content (AvgIpc) is 3.74. The van der Waals surface area contributed by atoms with Crippen molar-refractivity contribution in [3.05, 3.63) is 161 Å². The molecule has 208 valence electrons. The van der Waals surface area contributed by atoms with Crippen LogP contribution < -0.4 is 4.90 Å². The van der Waals surface area contributed by atoms with Gasteiger partial charge < -0.3 is 9.47 Å². The van der Waals surface area contributed by atoms with E-state index in [2.05, 4.69) is 149 Å². The van der Waals surface area contributed by atoms with Crippen molar-refractivity contribution < 1.29 is 0 Å². The van der Waals surface area contributed by atoms with Gasteiger partial charge >= 0.3 is 0 Å². The number of aromatic nitrogens is 1. The number of nitrogens with zero attached hydrogens (tertiary/aromatic N) is 2. The normalized spacial score (nSPS) is 15.7. The fourth-order valence-electron chi connectivity index (χ4n) is 6.93. The molecule has 4 aromatic carbocycles. The zero-order chi connectivity index (χ0) is 28.6. The summed E-state index contributed by atoms with van der Waals surface area (Å²) in [5.74, 6) is 0. The lowest BCUT2D eigenvalue weighted by Crippen LogP contribution is -2.18. The Morgan fingerprint density at radius 3 is 2.12 bits per heavy atom. The molecular formula is C41H34N2. The summed E-state index contributed by atoms with van der Waals surface area (Å²) in [5.41, 5.74) is 17.8. The molecule has 0 bridgehead atoms. The number of fused-ring (bicyclic) bond motifs is 3. The summed E-state index contributed by atoms with van der Waals surface area (Å²) in [4.78, 5) is 2.41. The van der Waals surface area contributed by atoms with Gasteiger partial charge in [0.05, 0.1) is 5.52 Å². The molecule has 1 heterocycles. The Morgan fingerprint density at radius 1 is 0.628 bits per heavy atom. The zero-order valence-corrected chi connectivity index (χ0v) is 24.3. The first-order valence-electron chi connectivity index (χ1n) is 15.5. The minimum absolute atomic E-state index is 1.02. The van der Waals surface area contributed by atoms with Gasteiger partial charge in [0.25, 0.3) is 0 Å². The molecule has 3 aliphatic rings. The minimum Gasteiger partial charge on any atom is -0.314 e. The van der Waals surface area contributed by atoms with E-state index in [1.54, 1.807) is 0 Å². The molecule has 5 aromatic rings. The van der Waals surface area contributed by atoms with Crippen LogP contribution in [0.3, 0.4) is 0 Å². The van der Waals surface area contributed by atoms with Gasteiger partial charge in [0.1, 0.15) is 0 Å². The smallest absolute Gasteiger partial charge is 0.0537 e. The van der Waals surface area contributed by atoms with Crippen molar-refractivity contribution in [3.8, 4) is 16.8 Å². The van der Waals surface area contributed by atoms with Crippen molar-refractivity contribution in [2.75, 3.05) is 4.90 Å². The summed E-state index contributed by atoms with van der Waals surface area (Å²) < 4.78 is 2.45. The van der Waals surface area contributed by atoms with E-state index in [9.17, 15) is 0 Å². The van der Waals surface area contributed by atoms with Crippen LogP contribution in [0.1, 0.15) is 43.4 Å². The van der Waals surface area contributed by atoms with Crippen molar-refractivity contribution in [2.45, 2.75) is 38.5 Å². The maximum absolute atomic E-state index is 3.46. The zero-order valence-electron chi connectivity index (χ0n) is 24.3. The first kappa shape index (κ1) is 25.7. The van der Waals surface area contributed by atoms with E-state index in [1.807, 2.05) is 0 Å². The molecule has 3 aliphatic carbocycles. The second-order valence-corrected chi connectivity index (χ2v) is 11.6. The monoisotopic (exact) mass is 554 g/mol. The third-order valence-electron chi connectivity index (χ3n) is 9.06. The van der Waals surface area contributed by atoms with Gasteiger partial charge in [-0.3, -0.25) is 0 Å². The van der Waals surface area contributed by atoms with Gasteiger partial charge in [-0.1, -0.05) is 78.9 Å². The quantitative estimate of drug-likeness (QED) is 0.190. The van der Waals surface area contributed by atoms with E-state index in [0.717, 1.165) is 38.5 Å². The Bertz CT molecular complexity index is 1970. The standard InChI is InChI=1S/C41H34N2/c1-2-12-34(13-3-1)42(35-24-18-31(19-25-35)30-10-4-5-11-30)36-26-20-32(21-27-36)33-22-28-37(29-23-33)43-40-16-8-6-14-38(40)39-15-7-9-17-41(39)43/h1-4,6-8,12-16,18,20-24,26-29H,5,9,11,17,19,25H2. The van der Waals surface area contributed by atoms with Crippen molar-refractivity contribution in [1.29, 1.82) is 0 Å². The van der Waals surface area contributed by atoms with Gasteiger partial charge in [0, 0.05) is 39.4 Å². The van der Waals surface area contributed by atoms with Crippen molar-refractivity contribution >= 4 is 28.4 Å². The number of hydrogen-bond acceptors (Lipinski definition) is 1. The molecule has 0 aliphatic heterocycles. The SMILES string of the molecule is C1=CCCC=1C1=CC=C(N(c2ccccc2)c2ccc(-c3ccc(-n4c5c(c6ccccc64)C=CCC5)cc3)cc2)CC1. The molecule has 0 saturated carbocycles. The highest BCUT2D eigenvalue weighted by Crippen LogP contribution is 2.38. The molecule has 8 rings (SSSR count). The summed E-state index contributed by atoms with van der Waals surface area (Å²) >= 11 is 0. The van der Waals surface area contributed by atoms with Gasteiger partial charge in [0.2, 0.25) is 0 Å². The van der Waals surface area contributed by atoms with Crippen molar-refractivity contribution in [2.24, 2.45) is 0 Å². The van der Waals surface area contributed by atoms with E-state index in [4.69, 9.17) is 0 Å². The number of anilines is 2. The van der Waals surface area contributed by atoms with Crippen LogP contribution in [0.15, 0.2) is 150 Å². The second-order valence-electron chi connectivity index (χ2n) is 11.6. The van der Waals surface area contributed by atoms with Crippen LogP contribution in [-0.2, 0) is 6.42 Å². The number of hydrogen-bond donors (Lipinski definition) is 0. The second kappa shape index (κ2) is 11.0. The van der Waals surface area contributed by atoms with E-state index < -0.39 is 0 Å². The largest absolute Gasteiger partial charge is 0.314 e. The predicted octanol–water partition coefficient (Wildman–Crippen LogP) is 10.9. The fraction of sp³-hybridized carbons (Fsp3) is 0.146. The third kappa shape index (κ3) is 4.71. The molecule has 2 nitrogen and oxygen atoms in total. The average molecular weight is 555 g/mol. The molecule has 0 saturated heterocycles. The fourth-order valence-corrected chi connectivity index (χ4v) is 6.93. The molecule has 0 radical (unpaired) electrons. The van der Waals surface area contributed by atoms with Crippen LogP contribution in [0.4, 0.5) is 11.4 Å². The molecule has 0 fully saturated rings. The number of allylic oxidation sites excluding steroid dienone is 6. The molecule has 1 aromatic heterocycles. The third-order valence-corrected chi connectivity index (χ3v) is 9.06. The minimum atomic E-state index is 1.02. The van der Waals surface area contributed by atoms with Gasteiger partial charge in [-0.25, -0.2) is 0 Å². The number of para-hydroxylation sites is 2. The molecule has 0 N–H and O–H groups in total. The Hall–Kier alpha value is -5.04. The van der Waals surface area contributed by atoms with Gasteiger partial charge in [-0.2, -0.15) is 0 Å². The van der Waals surface area contributed by atoms with Crippen LogP contribution in [-0.4, -0.2) is 4.57 Å². The molecule has 43 heavy (non-hydrogen) atoms. The van der Waals surface area contributed by atoms with Crippen LogP contribution in [0, 0.1) is 0 Å². The lowest BCUT2D eigenvalue weighted by atomic mass is 9.94. The summed E-state index contributed by atoms with van der Waals surface area (Å²) in [6.07, 6.45) is 17.9. The predicted molar refractivity (Wildman–Crippen MR) is 181 cm³/mol. The van der Waals surface area contributed by atoms with Crippen LogP contribution in [0.2, 0.25) is 0 Å².